The van der Waals surface area contributed by atoms with Crippen LogP contribution >= 0.6 is 0 Å². The maximum absolute atomic E-state index is 12.9. The van der Waals surface area contributed by atoms with E-state index in [0.717, 1.165) is 19.1 Å². The van der Waals surface area contributed by atoms with E-state index in [9.17, 15) is 30.0 Å². The number of hydrogen-bond acceptors (Lipinski definition) is 9. The zero-order valence-electron chi connectivity index (χ0n) is 14.3. The van der Waals surface area contributed by atoms with Gasteiger partial charge in [-0.1, -0.05) is 6.07 Å². The smallest absolute Gasteiger partial charge is 0.303 e. The molecule has 142 valence electrons. The van der Waals surface area contributed by atoms with Crippen molar-refractivity contribution in [2.24, 2.45) is 0 Å². The van der Waals surface area contributed by atoms with Crippen LogP contribution in [-0.2, 0) is 9.53 Å². The SMILES string of the molecule is COc1c(O)cc2c(c1O)C(=O)[C@H](OC(C)=O)[C@H](c1ccc(O)c(O)c1)O2. The predicted molar refractivity (Wildman–Crippen MR) is 89.3 cm³/mol. The standard InChI is InChI=1S/C18H16O9/c1-7(19)26-18-15(24)13-12(6-11(22)17(25-2)14(13)23)27-16(18)8-3-4-9(20)10(21)5-8/h3-6,16,18,20-23H,1-2H3/t16-,18-/m0/s1. The number of aromatic hydroxyl groups is 4. The summed E-state index contributed by atoms with van der Waals surface area (Å²) < 4.78 is 15.6. The molecule has 9 heteroatoms. The van der Waals surface area contributed by atoms with Crippen molar-refractivity contribution in [1.29, 1.82) is 0 Å². The molecular weight excluding hydrogens is 360 g/mol. The minimum Gasteiger partial charge on any atom is -0.504 e. The Labute approximate surface area is 153 Å². The molecule has 0 unspecified atom stereocenters. The van der Waals surface area contributed by atoms with Crippen molar-refractivity contribution >= 4 is 11.8 Å². The minimum absolute atomic E-state index is 0.156. The van der Waals surface area contributed by atoms with Crippen molar-refractivity contribution in [2.75, 3.05) is 7.11 Å². The monoisotopic (exact) mass is 376 g/mol. The summed E-state index contributed by atoms with van der Waals surface area (Å²) in [6.07, 6.45) is -2.66. The number of phenols is 4. The van der Waals surface area contributed by atoms with Crippen LogP contribution in [0, 0.1) is 0 Å². The summed E-state index contributed by atoms with van der Waals surface area (Å²) in [5.41, 5.74) is -0.0829. The number of hydrogen-bond donors (Lipinski definition) is 4. The lowest BCUT2D eigenvalue weighted by molar-refractivity contribution is -0.148. The summed E-state index contributed by atoms with van der Waals surface area (Å²) in [7, 11) is 1.20. The Kier molecular flexibility index (Phi) is 4.44. The van der Waals surface area contributed by atoms with Crippen LogP contribution in [0.25, 0.3) is 0 Å². The van der Waals surface area contributed by atoms with Gasteiger partial charge in [0.25, 0.3) is 0 Å². The number of phenolic OH excluding ortho intramolecular Hbond substituents is 4. The topological polar surface area (TPSA) is 143 Å². The van der Waals surface area contributed by atoms with Gasteiger partial charge in [-0.15, -0.1) is 0 Å². The molecule has 0 spiro atoms. The van der Waals surface area contributed by atoms with E-state index in [0.29, 0.717) is 0 Å². The molecule has 1 aliphatic rings. The maximum atomic E-state index is 12.9. The van der Waals surface area contributed by atoms with E-state index in [1.165, 1.54) is 19.2 Å². The van der Waals surface area contributed by atoms with E-state index < -0.39 is 41.2 Å². The highest BCUT2D eigenvalue weighted by atomic mass is 16.6. The molecular formula is C18H16O9. The highest BCUT2D eigenvalue weighted by molar-refractivity contribution is 6.07. The van der Waals surface area contributed by atoms with Crippen molar-refractivity contribution in [3.63, 3.8) is 0 Å². The first-order valence-electron chi connectivity index (χ1n) is 7.77. The van der Waals surface area contributed by atoms with Crippen molar-refractivity contribution in [1.82, 2.24) is 0 Å². The summed E-state index contributed by atoms with van der Waals surface area (Å²) in [6.45, 7) is 1.10. The lowest BCUT2D eigenvalue weighted by atomic mass is 9.92. The van der Waals surface area contributed by atoms with Gasteiger partial charge in [0.2, 0.25) is 17.6 Å². The maximum Gasteiger partial charge on any atom is 0.303 e. The fourth-order valence-electron chi connectivity index (χ4n) is 2.88. The normalized spacial score (nSPS) is 18.4. The molecule has 2 atom stereocenters. The number of benzene rings is 2. The van der Waals surface area contributed by atoms with Gasteiger partial charge in [0.15, 0.2) is 29.1 Å². The summed E-state index contributed by atoms with van der Waals surface area (Å²) in [5, 5.41) is 39.4. The quantitative estimate of drug-likeness (QED) is 0.465. The fraction of sp³-hybridized carbons (Fsp3) is 0.222. The number of rotatable bonds is 3. The third-order valence-corrected chi connectivity index (χ3v) is 4.06. The molecule has 27 heavy (non-hydrogen) atoms. The van der Waals surface area contributed by atoms with E-state index >= 15 is 0 Å². The van der Waals surface area contributed by atoms with Crippen LogP contribution in [-0.4, -0.2) is 45.4 Å². The second-order valence-corrected chi connectivity index (χ2v) is 5.83. The highest BCUT2D eigenvalue weighted by Crippen LogP contribution is 2.49. The van der Waals surface area contributed by atoms with Crippen LogP contribution in [0.3, 0.4) is 0 Å². The molecule has 4 N–H and O–H groups in total. The molecule has 0 aromatic heterocycles. The van der Waals surface area contributed by atoms with E-state index in [1.807, 2.05) is 0 Å². The molecule has 0 fully saturated rings. The van der Waals surface area contributed by atoms with Gasteiger partial charge >= 0.3 is 5.97 Å². The van der Waals surface area contributed by atoms with Crippen molar-refractivity contribution in [3.8, 4) is 34.5 Å². The molecule has 3 rings (SSSR count). The minimum atomic E-state index is -1.47. The van der Waals surface area contributed by atoms with Gasteiger partial charge in [0.1, 0.15) is 11.3 Å². The van der Waals surface area contributed by atoms with Gasteiger partial charge in [-0.25, -0.2) is 0 Å². The third kappa shape index (κ3) is 3.03. The molecule has 9 nitrogen and oxygen atoms in total. The number of fused-ring (bicyclic) bond motifs is 1. The molecule has 0 amide bonds. The third-order valence-electron chi connectivity index (χ3n) is 4.06. The Balaban J connectivity index is 2.16. The molecule has 0 aliphatic carbocycles. The molecule has 2 aromatic rings. The second-order valence-electron chi connectivity index (χ2n) is 5.83. The molecule has 0 saturated carbocycles. The lowest BCUT2D eigenvalue weighted by Gasteiger charge is -2.32. The van der Waals surface area contributed by atoms with Gasteiger partial charge < -0.3 is 34.6 Å². The molecule has 1 heterocycles. The first-order valence-corrected chi connectivity index (χ1v) is 7.77. The second kappa shape index (κ2) is 6.60. The van der Waals surface area contributed by atoms with Gasteiger partial charge in [-0.2, -0.15) is 0 Å². The van der Waals surface area contributed by atoms with E-state index in [4.69, 9.17) is 14.2 Å². The van der Waals surface area contributed by atoms with Crippen molar-refractivity contribution in [3.05, 3.63) is 35.4 Å². The van der Waals surface area contributed by atoms with E-state index in [-0.39, 0.29) is 28.4 Å². The van der Waals surface area contributed by atoms with Crippen molar-refractivity contribution < 1.29 is 44.2 Å². The number of ketones is 1. The van der Waals surface area contributed by atoms with Gasteiger partial charge in [-0.05, 0) is 12.1 Å². The number of carbonyl (C=O) groups excluding carboxylic acids is 2. The van der Waals surface area contributed by atoms with Crippen LogP contribution in [0.5, 0.6) is 34.5 Å². The highest BCUT2D eigenvalue weighted by Gasteiger charge is 2.43. The largest absolute Gasteiger partial charge is 0.504 e. The molecule has 0 bridgehead atoms. The van der Waals surface area contributed by atoms with Crippen LogP contribution in [0.2, 0.25) is 0 Å². The molecule has 2 aromatic carbocycles. The van der Waals surface area contributed by atoms with Gasteiger partial charge in [0.05, 0.1) is 7.11 Å². The average molecular weight is 376 g/mol. The van der Waals surface area contributed by atoms with Crippen LogP contribution in [0.1, 0.15) is 28.9 Å². The van der Waals surface area contributed by atoms with E-state index in [2.05, 4.69) is 0 Å². The zero-order chi connectivity index (χ0) is 19.9. The first-order chi connectivity index (χ1) is 12.7. The zero-order valence-corrected chi connectivity index (χ0v) is 14.3. The van der Waals surface area contributed by atoms with Crippen molar-refractivity contribution in [2.45, 2.75) is 19.1 Å². The number of methoxy groups -OCH3 is 1. The summed E-state index contributed by atoms with van der Waals surface area (Å²) >= 11 is 0. The Hall–Kier alpha value is -3.62. The van der Waals surface area contributed by atoms with Gasteiger partial charge in [0, 0.05) is 18.6 Å². The van der Waals surface area contributed by atoms with E-state index in [1.54, 1.807) is 0 Å². The Morgan fingerprint density at radius 2 is 1.78 bits per heavy atom. The lowest BCUT2D eigenvalue weighted by Crippen LogP contribution is -2.39. The number of Topliss-reactive ketones (excluding diaryl/α,β-unsaturated/α-hetero) is 1. The Morgan fingerprint density at radius 3 is 2.37 bits per heavy atom. The number of esters is 1. The molecule has 1 aliphatic heterocycles. The summed E-state index contributed by atoms with van der Waals surface area (Å²) in [6, 6.07) is 4.79. The van der Waals surface area contributed by atoms with Crippen LogP contribution in [0.15, 0.2) is 24.3 Å². The molecule has 0 saturated heterocycles. The van der Waals surface area contributed by atoms with Gasteiger partial charge in [-0.3, -0.25) is 9.59 Å². The van der Waals surface area contributed by atoms with Crippen LogP contribution < -0.4 is 9.47 Å². The summed E-state index contributed by atoms with van der Waals surface area (Å²) in [5.74, 6) is -3.98. The van der Waals surface area contributed by atoms with Crippen LogP contribution in [0.4, 0.5) is 0 Å². The predicted octanol–water partition coefficient (Wildman–Crippen LogP) is 1.77. The average Bonchev–Trinajstić information content (AvgIpc) is 2.59. The summed E-state index contributed by atoms with van der Waals surface area (Å²) in [4.78, 5) is 24.4. The Bertz CT molecular complexity index is 935. The fourth-order valence-corrected chi connectivity index (χ4v) is 2.88. The first kappa shape index (κ1) is 18.2. The number of ether oxygens (including phenoxy) is 3. The Morgan fingerprint density at radius 1 is 1.07 bits per heavy atom. The molecule has 0 radical (unpaired) electrons. The number of carbonyl (C=O) groups is 2.